The minimum atomic E-state index is -1.05. The van der Waals surface area contributed by atoms with Crippen molar-refractivity contribution in [2.24, 2.45) is 0 Å². The van der Waals surface area contributed by atoms with Crippen molar-refractivity contribution in [3.8, 4) is 0 Å². The molecule has 0 radical (unpaired) electrons. The summed E-state index contributed by atoms with van der Waals surface area (Å²) in [5, 5.41) is 12.6. The van der Waals surface area contributed by atoms with E-state index in [0.29, 0.717) is 19.7 Å². The van der Waals surface area contributed by atoms with Crippen LogP contribution < -0.4 is 10.5 Å². The first-order valence-corrected chi connectivity index (χ1v) is 6.73. The third kappa shape index (κ3) is 4.16. The van der Waals surface area contributed by atoms with Gasteiger partial charge in [0.1, 0.15) is 0 Å². The summed E-state index contributed by atoms with van der Waals surface area (Å²) in [4.78, 5) is 24.4. The number of nitrogens with zero attached hydrogens (tertiary/aromatic N) is 3. The number of allylic oxidation sites excluding steroid dienone is 1. The van der Waals surface area contributed by atoms with E-state index in [2.05, 4.69) is 10.00 Å². The molecule has 1 aromatic heterocycles. The molecule has 0 unspecified atom stereocenters. The Morgan fingerprint density at radius 1 is 1.57 bits per heavy atom. The second-order valence-corrected chi connectivity index (χ2v) is 5.50. The molecule has 2 heterocycles. The third-order valence-corrected chi connectivity index (χ3v) is 3.18. The van der Waals surface area contributed by atoms with Crippen LogP contribution in [0, 0.1) is 0 Å². The van der Waals surface area contributed by atoms with E-state index in [1.54, 1.807) is 6.20 Å². The maximum atomic E-state index is 12.0. The van der Waals surface area contributed by atoms with E-state index >= 15 is 0 Å². The third-order valence-electron chi connectivity index (χ3n) is 3.18. The van der Waals surface area contributed by atoms with Gasteiger partial charge in [0.05, 0.1) is 30.6 Å². The smallest absolute Gasteiger partial charge is 0.328 e. The highest BCUT2D eigenvalue weighted by molar-refractivity contribution is 5.79. The maximum Gasteiger partial charge on any atom is 0.328 e. The van der Waals surface area contributed by atoms with Crippen LogP contribution in [0.5, 0.6) is 0 Å². The number of carbonyl (C=O) groups is 1. The van der Waals surface area contributed by atoms with Gasteiger partial charge in [0.15, 0.2) is 0 Å². The number of aliphatic carboxylic acids is 1. The highest BCUT2D eigenvalue weighted by Gasteiger charge is 2.27. The number of morpholine rings is 1. The topological polar surface area (TPSA) is 84.7 Å². The lowest BCUT2D eigenvalue weighted by atomic mass is 10.1. The lowest BCUT2D eigenvalue weighted by molar-refractivity contribution is -0.131. The fraction of sp³-hybridized carbons (Fsp3) is 0.500. The Bertz CT molecular complexity index is 606. The standard InChI is InChI=1S/C14H19N3O4/c1-14(2)10-16(6-7-21-14)11-8-12(18)17(15-9-11)5-3-4-13(19)20/h3-4,8-9H,5-7,10H2,1-2H3,(H,19,20)/b4-3+. The van der Waals surface area contributed by atoms with Gasteiger partial charge in [-0.05, 0) is 13.8 Å². The fourth-order valence-corrected chi connectivity index (χ4v) is 2.22. The van der Waals surface area contributed by atoms with Crippen LogP contribution in [-0.4, -0.2) is 46.2 Å². The molecule has 0 saturated carbocycles. The summed E-state index contributed by atoms with van der Waals surface area (Å²) >= 11 is 0. The van der Waals surface area contributed by atoms with Crippen molar-refractivity contribution in [3.05, 3.63) is 34.8 Å². The van der Waals surface area contributed by atoms with Gasteiger partial charge in [-0.25, -0.2) is 9.48 Å². The summed E-state index contributed by atoms with van der Waals surface area (Å²) in [5.41, 5.74) is 0.249. The molecule has 21 heavy (non-hydrogen) atoms. The molecule has 1 fully saturated rings. The Balaban J connectivity index is 2.12. The van der Waals surface area contributed by atoms with Crippen LogP contribution in [0.1, 0.15) is 13.8 Å². The van der Waals surface area contributed by atoms with Crippen LogP contribution in [0.4, 0.5) is 5.69 Å². The van der Waals surface area contributed by atoms with Gasteiger partial charge < -0.3 is 14.7 Å². The first kappa shape index (κ1) is 15.2. The fourth-order valence-electron chi connectivity index (χ4n) is 2.22. The van der Waals surface area contributed by atoms with Gasteiger partial charge in [0.25, 0.3) is 5.56 Å². The Morgan fingerprint density at radius 2 is 2.33 bits per heavy atom. The lowest BCUT2D eigenvalue weighted by Gasteiger charge is -2.39. The van der Waals surface area contributed by atoms with E-state index in [0.717, 1.165) is 11.8 Å². The summed E-state index contributed by atoms with van der Waals surface area (Å²) in [6, 6.07) is 1.52. The van der Waals surface area contributed by atoms with Crippen molar-refractivity contribution in [2.45, 2.75) is 26.0 Å². The van der Waals surface area contributed by atoms with E-state index in [4.69, 9.17) is 9.84 Å². The number of rotatable bonds is 4. The molecule has 1 aromatic rings. The zero-order chi connectivity index (χ0) is 15.5. The summed E-state index contributed by atoms with van der Waals surface area (Å²) in [6.07, 6.45) is 4.00. The Hall–Kier alpha value is -2.15. The number of carboxylic acids is 1. The second-order valence-electron chi connectivity index (χ2n) is 5.50. The molecule has 0 amide bonds. The molecule has 114 valence electrons. The number of hydrogen-bond acceptors (Lipinski definition) is 5. The Morgan fingerprint density at radius 3 is 2.95 bits per heavy atom. The predicted octanol–water partition coefficient (Wildman–Crippen LogP) is 0.499. The number of hydrogen-bond donors (Lipinski definition) is 1. The van der Waals surface area contributed by atoms with Crippen LogP contribution in [0.15, 0.2) is 29.2 Å². The summed E-state index contributed by atoms with van der Waals surface area (Å²) in [6.45, 7) is 6.16. The molecule has 0 aliphatic carbocycles. The van der Waals surface area contributed by atoms with Crippen LogP contribution in [0.25, 0.3) is 0 Å². The molecule has 1 N–H and O–H groups in total. The molecule has 1 aliphatic rings. The Kier molecular flexibility index (Phi) is 4.42. The molecular formula is C14H19N3O4. The van der Waals surface area contributed by atoms with Crippen LogP contribution in [0.3, 0.4) is 0 Å². The Labute approximate surface area is 122 Å². The van der Waals surface area contributed by atoms with E-state index in [1.165, 1.54) is 16.8 Å². The second kappa shape index (κ2) is 6.09. The lowest BCUT2D eigenvalue weighted by Crippen LogP contribution is -2.48. The highest BCUT2D eigenvalue weighted by Crippen LogP contribution is 2.21. The quantitative estimate of drug-likeness (QED) is 0.814. The van der Waals surface area contributed by atoms with Crippen LogP contribution >= 0.6 is 0 Å². The highest BCUT2D eigenvalue weighted by atomic mass is 16.5. The van der Waals surface area contributed by atoms with Crippen molar-refractivity contribution >= 4 is 11.7 Å². The van der Waals surface area contributed by atoms with Crippen molar-refractivity contribution in [1.82, 2.24) is 9.78 Å². The maximum absolute atomic E-state index is 12.0. The van der Waals surface area contributed by atoms with E-state index in [-0.39, 0.29) is 17.7 Å². The molecule has 2 rings (SSSR count). The minimum absolute atomic E-state index is 0.139. The average molecular weight is 293 g/mol. The first-order valence-electron chi connectivity index (χ1n) is 6.73. The largest absolute Gasteiger partial charge is 0.478 e. The molecule has 0 spiro atoms. The van der Waals surface area contributed by atoms with Crippen LogP contribution in [-0.2, 0) is 16.1 Å². The van der Waals surface area contributed by atoms with Gasteiger partial charge in [0, 0.05) is 25.2 Å². The molecule has 7 heteroatoms. The first-order chi connectivity index (χ1) is 9.87. The van der Waals surface area contributed by atoms with Gasteiger partial charge in [-0.15, -0.1) is 0 Å². The van der Waals surface area contributed by atoms with Crippen molar-refractivity contribution < 1.29 is 14.6 Å². The predicted molar refractivity (Wildman–Crippen MR) is 77.5 cm³/mol. The molecule has 0 aromatic carbocycles. The van der Waals surface area contributed by atoms with Gasteiger partial charge in [-0.2, -0.15) is 5.10 Å². The monoisotopic (exact) mass is 293 g/mol. The van der Waals surface area contributed by atoms with Gasteiger partial charge >= 0.3 is 5.97 Å². The normalized spacial score (nSPS) is 18.1. The zero-order valence-electron chi connectivity index (χ0n) is 12.2. The van der Waals surface area contributed by atoms with Gasteiger partial charge in [0.2, 0.25) is 0 Å². The molecule has 1 aliphatic heterocycles. The summed E-state index contributed by atoms with van der Waals surface area (Å²) < 4.78 is 6.85. The molecule has 0 bridgehead atoms. The molecule has 1 saturated heterocycles. The number of anilines is 1. The molecular weight excluding hydrogens is 274 g/mol. The van der Waals surface area contributed by atoms with Crippen molar-refractivity contribution in [2.75, 3.05) is 24.6 Å². The number of aromatic nitrogens is 2. The summed E-state index contributed by atoms with van der Waals surface area (Å²) in [7, 11) is 0. The van der Waals surface area contributed by atoms with Crippen LogP contribution in [0.2, 0.25) is 0 Å². The van der Waals surface area contributed by atoms with Crippen molar-refractivity contribution in [3.63, 3.8) is 0 Å². The van der Waals surface area contributed by atoms with E-state index in [1.807, 2.05) is 13.8 Å². The number of carboxylic acid groups (broad SMARTS) is 1. The van der Waals surface area contributed by atoms with Crippen molar-refractivity contribution in [1.29, 1.82) is 0 Å². The SMILES string of the molecule is CC1(C)CN(c2cnn(C/C=C/C(=O)O)c(=O)c2)CCO1. The minimum Gasteiger partial charge on any atom is -0.478 e. The van der Waals surface area contributed by atoms with Gasteiger partial charge in [-0.3, -0.25) is 4.79 Å². The molecule has 7 nitrogen and oxygen atoms in total. The van der Waals surface area contributed by atoms with E-state index < -0.39 is 5.97 Å². The van der Waals surface area contributed by atoms with E-state index in [9.17, 15) is 9.59 Å². The number of ether oxygens (including phenoxy) is 1. The zero-order valence-corrected chi connectivity index (χ0v) is 12.2. The summed E-state index contributed by atoms with van der Waals surface area (Å²) in [5.74, 6) is -1.05. The van der Waals surface area contributed by atoms with Gasteiger partial charge in [-0.1, -0.05) is 6.08 Å². The average Bonchev–Trinajstić information content (AvgIpc) is 2.39. The molecule has 0 atom stereocenters.